The molecule has 1 aliphatic heterocycles. The van der Waals surface area contributed by atoms with Gasteiger partial charge in [-0.1, -0.05) is 142 Å². The van der Waals surface area contributed by atoms with Gasteiger partial charge in [0.2, 0.25) is 0 Å². The second-order valence-corrected chi connectivity index (χ2v) is 13.6. The van der Waals surface area contributed by atoms with Crippen molar-refractivity contribution >= 4 is 0 Å². The third-order valence-corrected chi connectivity index (χ3v) is 9.85. The van der Waals surface area contributed by atoms with Crippen LogP contribution in [0.25, 0.3) is 41.8 Å². The average molecular weight is 787 g/mol. The van der Waals surface area contributed by atoms with Crippen LogP contribution >= 0.6 is 0 Å². The van der Waals surface area contributed by atoms with Gasteiger partial charge in [-0.3, -0.25) is 0 Å². The fourth-order valence-corrected chi connectivity index (χ4v) is 7.13. The van der Waals surface area contributed by atoms with E-state index in [4.69, 9.17) is 28.4 Å². The first kappa shape index (κ1) is 41.5. The Bertz CT molecular complexity index is 2070. The summed E-state index contributed by atoms with van der Waals surface area (Å²) in [6, 6.07) is 34.8. The summed E-state index contributed by atoms with van der Waals surface area (Å²) in [4.78, 5) is 12.3. The van der Waals surface area contributed by atoms with Crippen molar-refractivity contribution in [1.29, 1.82) is 0 Å². The summed E-state index contributed by atoms with van der Waals surface area (Å²) in [7, 11) is 0. The quantitative estimate of drug-likeness (QED) is 0.0508. The second-order valence-electron chi connectivity index (χ2n) is 13.6. The third-order valence-electron chi connectivity index (χ3n) is 9.85. The molecule has 2 fully saturated rings. The van der Waals surface area contributed by atoms with Crippen molar-refractivity contribution in [3.8, 4) is 0 Å². The van der Waals surface area contributed by atoms with E-state index in [1.807, 2.05) is 121 Å². The molecule has 10 atom stereocenters. The predicted octanol–water partition coefficient (Wildman–Crippen LogP) is 9.19. The lowest BCUT2D eigenvalue weighted by Gasteiger charge is -2.48. The summed E-state index contributed by atoms with van der Waals surface area (Å²) in [5.74, 6) is 0. The maximum absolute atomic E-state index is 9.99. The van der Waals surface area contributed by atoms with Crippen LogP contribution in [0.5, 0.6) is 0 Å². The molecule has 1 aliphatic carbocycles. The Labute approximate surface area is 334 Å². The largest absolute Gasteiger partial charge is 0.370 e. The summed E-state index contributed by atoms with van der Waals surface area (Å²) in [6.07, 6.45) is -7.24. The number of benzene rings is 4. The molecule has 298 valence electrons. The summed E-state index contributed by atoms with van der Waals surface area (Å²) in [5, 5.41) is 16.1. The molecule has 0 radical (unpaired) electrons. The highest BCUT2D eigenvalue weighted by atomic mass is 16.7. The van der Waals surface area contributed by atoms with Gasteiger partial charge >= 0.3 is 0 Å². The van der Waals surface area contributed by atoms with Gasteiger partial charge in [-0.2, -0.15) is 0 Å². The molecule has 18 nitrogen and oxygen atoms in total. The normalized spacial score (nSPS) is 26.5. The van der Waals surface area contributed by atoms with E-state index in [-0.39, 0.29) is 39.4 Å². The van der Waals surface area contributed by atoms with Gasteiger partial charge in [0.05, 0.1) is 63.4 Å². The Balaban J connectivity index is 1.39. The number of ether oxygens (including phenoxy) is 6. The molecule has 1 saturated heterocycles. The van der Waals surface area contributed by atoms with Crippen molar-refractivity contribution in [1.82, 2.24) is 0 Å². The SMILES string of the molecule is [N-]=[N+]=NC[C@H]1O[C@H](O[C@H]2[C@H](OCc3ccccc3)[C@@H](OCc3ccccc3)[C@H](N=[N+]=[N-])C[C@H]2N=[N+]=[N-])[C@H](N=[N+]=[N-])[C@@H](OCc2ccccc2)[C@@H]1OCc1ccccc1. The Morgan fingerprint density at radius 3 is 1.34 bits per heavy atom. The Hall–Kier alpha value is -6.12. The van der Waals surface area contributed by atoms with Crippen molar-refractivity contribution in [2.75, 3.05) is 6.54 Å². The molecular formula is C40H42N12O6. The van der Waals surface area contributed by atoms with Crippen LogP contribution in [0.3, 0.4) is 0 Å². The summed E-state index contributed by atoms with van der Waals surface area (Å²) in [6.45, 7) is 0.277. The average Bonchev–Trinajstić information content (AvgIpc) is 3.26. The van der Waals surface area contributed by atoms with Crippen molar-refractivity contribution in [2.45, 2.75) is 93.9 Å². The minimum atomic E-state index is -1.37. The second kappa shape index (κ2) is 22.0. The lowest BCUT2D eigenvalue weighted by molar-refractivity contribution is -0.305. The van der Waals surface area contributed by atoms with Gasteiger partial charge in [-0.25, -0.2) is 0 Å². The molecule has 0 N–H and O–H groups in total. The predicted molar refractivity (Wildman–Crippen MR) is 211 cm³/mol. The maximum atomic E-state index is 9.99. The smallest absolute Gasteiger partial charge is 0.169 e. The van der Waals surface area contributed by atoms with Gasteiger partial charge < -0.3 is 28.4 Å². The molecule has 58 heavy (non-hydrogen) atoms. The van der Waals surface area contributed by atoms with Crippen LogP contribution in [0, 0.1) is 0 Å². The number of nitrogens with zero attached hydrogens (tertiary/aromatic N) is 12. The Kier molecular flexibility index (Phi) is 15.7. The van der Waals surface area contributed by atoms with Gasteiger partial charge in [0.25, 0.3) is 0 Å². The van der Waals surface area contributed by atoms with Crippen molar-refractivity contribution in [3.63, 3.8) is 0 Å². The molecule has 0 spiro atoms. The fraction of sp³-hybridized carbons (Fsp3) is 0.400. The van der Waals surface area contributed by atoms with Gasteiger partial charge in [0, 0.05) is 19.6 Å². The number of azide groups is 4. The number of rotatable bonds is 19. The molecule has 18 heteroatoms. The minimum Gasteiger partial charge on any atom is -0.370 e. The molecule has 2 aliphatic rings. The van der Waals surface area contributed by atoms with E-state index in [9.17, 15) is 22.1 Å². The Morgan fingerprint density at radius 1 is 0.483 bits per heavy atom. The lowest BCUT2D eigenvalue weighted by atomic mass is 9.83. The van der Waals surface area contributed by atoms with Gasteiger partial charge in [0.15, 0.2) is 6.29 Å². The summed E-state index contributed by atoms with van der Waals surface area (Å²) in [5.41, 5.74) is 42.2. The molecule has 1 heterocycles. The van der Waals surface area contributed by atoms with E-state index in [0.29, 0.717) is 0 Å². The highest BCUT2D eigenvalue weighted by Gasteiger charge is 2.52. The highest BCUT2D eigenvalue weighted by molar-refractivity contribution is 5.17. The highest BCUT2D eigenvalue weighted by Crippen LogP contribution is 2.37. The Morgan fingerprint density at radius 2 is 0.897 bits per heavy atom. The molecule has 1 saturated carbocycles. The molecule has 0 aromatic heterocycles. The molecule has 4 aromatic rings. The van der Waals surface area contributed by atoms with E-state index in [2.05, 4.69) is 40.1 Å². The topological polar surface area (TPSA) is 250 Å². The van der Waals surface area contributed by atoms with E-state index in [1.54, 1.807) is 0 Å². The summed E-state index contributed by atoms with van der Waals surface area (Å²) < 4.78 is 39.5. The number of hydrogen-bond donors (Lipinski definition) is 0. The molecule has 0 amide bonds. The standard InChI is InChI=1S/C40H42N12O6/c41-49-45-22-33-37(54-24-28-15-7-2-8-16-28)38(55-25-29-17-9-3-10-18-29)34(48-52-44)40(57-33)58-36-32(47-51-43)21-31(46-50-42)35(53-23-27-13-5-1-6-14-27)39(36)56-26-30-19-11-4-12-20-30/h1-20,31-40H,21-26H2/t31-,32-,33-,34-,35+,36-,37-,38-,39-,40-/m1/s1. The first-order chi connectivity index (χ1) is 28.6. The zero-order valence-electron chi connectivity index (χ0n) is 31.4. The van der Waals surface area contributed by atoms with E-state index < -0.39 is 61.0 Å². The third kappa shape index (κ3) is 11.3. The zero-order chi connectivity index (χ0) is 40.4. The monoisotopic (exact) mass is 786 g/mol. The van der Waals surface area contributed by atoms with Gasteiger partial charge in [0.1, 0.15) is 24.4 Å². The molecule has 0 bridgehead atoms. The van der Waals surface area contributed by atoms with Gasteiger partial charge in [-0.05, 0) is 50.8 Å². The fourth-order valence-electron chi connectivity index (χ4n) is 7.13. The van der Waals surface area contributed by atoms with Gasteiger partial charge in [-0.15, -0.1) is 0 Å². The van der Waals surface area contributed by atoms with Crippen molar-refractivity contribution in [3.05, 3.63) is 185 Å². The molecular weight excluding hydrogens is 745 g/mol. The van der Waals surface area contributed by atoms with Crippen LogP contribution in [0.15, 0.2) is 142 Å². The van der Waals surface area contributed by atoms with Crippen molar-refractivity contribution < 1.29 is 28.4 Å². The first-order valence-electron chi connectivity index (χ1n) is 18.7. The zero-order valence-corrected chi connectivity index (χ0v) is 31.4. The van der Waals surface area contributed by atoms with E-state index in [0.717, 1.165) is 22.3 Å². The first-order valence-corrected chi connectivity index (χ1v) is 18.7. The van der Waals surface area contributed by atoms with Crippen LogP contribution in [-0.4, -0.2) is 67.6 Å². The van der Waals surface area contributed by atoms with Crippen LogP contribution in [0.2, 0.25) is 0 Å². The minimum absolute atomic E-state index is 0.0290. The van der Waals surface area contributed by atoms with E-state index >= 15 is 0 Å². The van der Waals surface area contributed by atoms with Crippen molar-refractivity contribution in [2.24, 2.45) is 20.5 Å². The lowest BCUT2D eigenvalue weighted by Crippen LogP contribution is -2.63. The van der Waals surface area contributed by atoms with Crippen LogP contribution in [0.4, 0.5) is 0 Å². The molecule has 4 aromatic carbocycles. The van der Waals surface area contributed by atoms with Crippen LogP contribution in [0.1, 0.15) is 28.7 Å². The summed E-state index contributed by atoms with van der Waals surface area (Å²) >= 11 is 0. The van der Waals surface area contributed by atoms with Crippen LogP contribution < -0.4 is 0 Å². The molecule has 6 rings (SSSR count). The van der Waals surface area contributed by atoms with Crippen LogP contribution in [-0.2, 0) is 54.8 Å². The number of hydrogen-bond acceptors (Lipinski definition) is 10. The maximum Gasteiger partial charge on any atom is 0.169 e. The molecule has 0 unspecified atom stereocenters. The van der Waals surface area contributed by atoms with E-state index in [1.165, 1.54) is 0 Å².